The lowest BCUT2D eigenvalue weighted by atomic mass is 10.2. The number of hydrogen-bond donors (Lipinski definition) is 1. The molecule has 92 valence electrons. The predicted octanol–water partition coefficient (Wildman–Crippen LogP) is 3.15. The summed E-state index contributed by atoms with van der Waals surface area (Å²) in [7, 11) is 5.20. The van der Waals surface area contributed by atoms with E-state index in [-0.39, 0.29) is 11.2 Å². The maximum atomic E-state index is 11.1. The number of rotatable bonds is 6. The van der Waals surface area contributed by atoms with Gasteiger partial charge in [0, 0.05) is 11.8 Å². The van der Waals surface area contributed by atoms with Crippen molar-refractivity contribution < 1.29 is 4.79 Å². The van der Waals surface area contributed by atoms with Crippen LogP contribution >= 0.6 is 21.6 Å². The molecule has 1 heterocycles. The number of nitrogens with one attached hydrogen (secondary N) is 1. The van der Waals surface area contributed by atoms with E-state index in [1.54, 1.807) is 34.7 Å². The Labute approximate surface area is 110 Å². The summed E-state index contributed by atoms with van der Waals surface area (Å²) in [5.41, 5.74) is 0.651. The fourth-order valence-electron chi connectivity index (χ4n) is 1.09. The van der Waals surface area contributed by atoms with E-state index in [4.69, 9.17) is 0 Å². The summed E-state index contributed by atoms with van der Waals surface area (Å²) < 4.78 is 0. The van der Waals surface area contributed by atoms with Gasteiger partial charge in [0.05, 0.1) is 5.37 Å². The first-order valence-corrected chi connectivity index (χ1v) is 7.49. The molecule has 0 saturated heterocycles. The quantitative estimate of drug-likeness (QED) is 0.371. The Morgan fingerprint density at radius 3 is 2.76 bits per heavy atom. The van der Waals surface area contributed by atoms with Crippen LogP contribution in [-0.2, 0) is 0 Å². The summed E-state index contributed by atoms with van der Waals surface area (Å²) >= 11 is 0. The number of carbonyl (C=O) groups excluding carboxylic acids is 1. The van der Waals surface area contributed by atoms with Gasteiger partial charge in [0.25, 0.3) is 0 Å². The first kappa shape index (κ1) is 14.3. The molecule has 0 aliphatic heterocycles. The molecule has 1 atom stereocenters. The number of allylic oxidation sites excluding steroid dienone is 1. The van der Waals surface area contributed by atoms with Crippen molar-refractivity contribution in [3.8, 4) is 0 Å². The summed E-state index contributed by atoms with van der Waals surface area (Å²) in [6.45, 7) is 3.54. The van der Waals surface area contributed by atoms with Crippen molar-refractivity contribution in [1.29, 1.82) is 0 Å². The molecule has 1 N–H and O–H groups in total. The molecule has 1 rings (SSSR count). The van der Waals surface area contributed by atoms with Crippen molar-refractivity contribution in [1.82, 2.24) is 10.3 Å². The zero-order valence-electron chi connectivity index (χ0n) is 10.1. The summed E-state index contributed by atoms with van der Waals surface area (Å²) in [6, 6.07) is 3.68. The molecule has 0 spiro atoms. The van der Waals surface area contributed by atoms with Crippen LogP contribution < -0.4 is 5.32 Å². The van der Waals surface area contributed by atoms with E-state index in [1.165, 1.54) is 0 Å². The van der Waals surface area contributed by atoms with Crippen molar-refractivity contribution in [3.63, 3.8) is 0 Å². The van der Waals surface area contributed by atoms with Crippen LogP contribution in [0.2, 0.25) is 0 Å². The molecule has 1 aromatic rings. The van der Waals surface area contributed by atoms with Crippen LogP contribution in [0.25, 0.3) is 0 Å². The lowest BCUT2D eigenvalue weighted by Crippen LogP contribution is -2.17. The Balaban J connectivity index is 2.54. The predicted molar refractivity (Wildman–Crippen MR) is 75.4 cm³/mol. The molecule has 1 unspecified atom stereocenters. The van der Waals surface area contributed by atoms with Gasteiger partial charge in [-0.3, -0.25) is 4.79 Å². The molecule has 0 aliphatic carbocycles. The molecule has 0 radical (unpaired) electrons. The van der Waals surface area contributed by atoms with Crippen LogP contribution in [0.15, 0.2) is 35.5 Å². The average Bonchev–Trinajstić information content (AvgIpc) is 2.35. The van der Waals surface area contributed by atoms with E-state index in [0.717, 1.165) is 5.03 Å². The minimum atomic E-state index is 0.0451. The average molecular weight is 268 g/mol. The Morgan fingerprint density at radius 1 is 1.53 bits per heavy atom. The topological polar surface area (TPSA) is 42.0 Å². The molecule has 3 nitrogen and oxygen atoms in total. The molecule has 5 heteroatoms. The van der Waals surface area contributed by atoms with E-state index in [1.807, 2.05) is 32.2 Å². The minimum Gasteiger partial charge on any atom is -0.305 e. The number of nitrogens with zero attached hydrogens (tertiary/aromatic N) is 1. The molecular formula is C12H16N2OS2. The standard InChI is InChI=1S/C12H16N2OS2/c1-4-5-11(13-3)16-17-12-7-6-10(8-14-12)9(2)15/h4-8,11,13H,1-3H3/b5-4-. The highest BCUT2D eigenvalue weighted by atomic mass is 33.1. The molecule has 17 heavy (non-hydrogen) atoms. The van der Waals surface area contributed by atoms with Crippen LogP contribution in [0.3, 0.4) is 0 Å². The number of carbonyl (C=O) groups is 1. The van der Waals surface area contributed by atoms with Crippen molar-refractivity contribution >= 4 is 27.4 Å². The van der Waals surface area contributed by atoms with Crippen molar-refractivity contribution in [2.75, 3.05) is 7.05 Å². The van der Waals surface area contributed by atoms with E-state index in [2.05, 4.69) is 16.4 Å². The Bertz CT molecular complexity index is 390. The van der Waals surface area contributed by atoms with Gasteiger partial charge in [-0.25, -0.2) is 4.98 Å². The van der Waals surface area contributed by atoms with Gasteiger partial charge >= 0.3 is 0 Å². The monoisotopic (exact) mass is 268 g/mol. The van der Waals surface area contributed by atoms with E-state index in [9.17, 15) is 4.79 Å². The largest absolute Gasteiger partial charge is 0.305 e. The lowest BCUT2D eigenvalue weighted by molar-refractivity contribution is 0.101. The van der Waals surface area contributed by atoms with Gasteiger partial charge in [0.2, 0.25) is 0 Å². The van der Waals surface area contributed by atoms with Gasteiger partial charge < -0.3 is 5.32 Å². The molecule has 0 aliphatic rings. The maximum Gasteiger partial charge on any atom is 0.161 e. The second-order valence-electron chi connectivity index (χ2n) is 3.36. The molecule has 0 bridgehead atoms. The molecule has 0 fully saturated rings. The highest BCUT2D eigenvalue weighted by Gasteiger charge is 2.05. The SMILES string of the molecule is C/C=C\C(NC)SSc1ccc(C(C)=O)cn1. The molecule has 0 amide bonds. The first-order chi connectivity index (χ1) is 8.17. The van der Waals surface area contributed by atoms with Crippen LogP contribution in [-0.4, -0.2) is 23.2 Å². The smallest absolute Gasteiger partial charge is 0.161 e. The molecular weight excluding hydrogens is 252 g/mol. The van der Waals surface area contributed by atoms with Crippen LogP contribution in [0.4, 0.5) is 0 Å². The summed E-state index contributed by atoms with van der Waals surface area (Å²) in [5.74, 6) is 0.0451. The van der Waals surface area contributed by atoms with E-state index >= 15 is 0 Å². The van der Waals surface area contributed by atoms with Crippen molar-refractivity contribution in [2.45, 2.75) is 24.2 Å². The van der Waals surface area contributed by atoms with Gasteiger partial charge in [0.1, 0.15) is 5.03 Å². The van der Waals surface area contributed by atoms with E-state index < -0.39 is 0 Å². The number of aromatic nitrogens is 1. The van der Waals surface area contributed by atoms with Gasteiger partial charge in [-0.2, -0.15) is 0 Å². The van der Waals surface area contributed by atoms with E-state index in [0.29, 0.717) is 5.56 Å². The fourth-order valence-corrected chi connectivity index (χ4v) is 3.21. The highest BCUT2D eigenvalue weighted by Crippen LogP contribution is 2.32. The third-order valence-corrected chi connectivity index (χ3v) is 4.56. The third-order valence-electron chi connectivity index (χ3n) is 2.03. The number of Topliss-reactive ketones (excluding diaryl/α,β-unsaturated/α-hetero) is 1. The van der Waals surface area contributed by atoms with Gasteiger partial charge in [-0.15, -0.1) is 0 Å². The van der Waals surface area contributed by atoms with Crippen molar-refractivity contribution in [3.05, 3.63) is 36.0 Å². The summed E-state index contributed by atoms with van der Waals surface area (Å²) in [6.07, 6.45) is 5.72. The molecule has 0 saturated carbocycles. The number of likely N-dealkylation sites (N-methyl/N-ethyl adjacent to an activating group) is 1. The molecule has 0 aromatic carbocycles. The Hall–Kier alpha value is -0.780. The number of hydrogen-bond acceptors (Lipinski definition) is 5. The Kier molecular flexibility index (Phi) is 6.32. The second-order valence-corrected chi connectivity index (χ2v) is 5.72. The third kappa shape index (κ3) is 4.93. The molecule has 1 aromatic heterocycles. The summed E-state index contributed by atoms with van der Waals surface area (Å²) in [5, 5.41) is 4.35. The normalized spacial score (nSPS) is 12.9. The zero-order chi connectivity index (χ0) is 12.7. The van der Waals surface area contributed by atoms with Crippen LogP contribution in [0.5, 0.6) is 0 Å². The Morgan fingerprint density at radius 2 is 2.29 bits per heavy atom. The van der Waals surface area contributed by atoms with Crippen LogP contribution in [0, 0.1) is 0 Å². The van der Waals surface area contributed by atoms with Gasteiger partial charge in [0.15, 0.2) is 5.78 Å². The van der Waals surface area contributed by atoms with Crippen molar-refractivity contribution in [2.24, 2.45) is 0 Å². The van der Waals surface area contributed by atoms with Gasteiger partial charge in [-0.05, 0) is 43.8 Å². The highest BCUT2D eigenvalue weighted by molar-refractivity contribution is 8.76. The minimum absolute atomic E-state index is 0.0451. The second kappa shape index (κ2) is 7.53. The fraction of sp³-hybridized carbons (Fsp3) is 0.333. The maximum absolute atomic E-state index is 11.1. The van der Waals surface area contributed by atoms with Gasteiger partial charge in [-0.1, -0.05) is 22.9 Å². The number of ketones is 1. The summed E-state index contributed by atoms with van der Waals surface area (Å²) in [4.78, 5) is 15.3. The van der Waals surface area contributed by atoms with Crippen LogP contribution in [0.1, 0.15) is 24.2 Å². The first-order valence-electron chi connectivity index (χ1n) is 5.27. The zero-order valence-corrected chi connectivity index (χ0v) is 11.8. The number of pyridine rings is 1. The lowest BCUT2D eigenvalue weighted by Gasteiger charge is -2.09.